The fourth-order valence-electron chi connectivity index (χ4n) is 1.45. The van der Waals surface area contributed by atoms with Crippen LogP contribution in [0, 0.1) is 25.2 Å². The Morgan fingerprint density at radius 3 is 2.69 bits per heavy atom. The second kappa shape index (κ2) is 2.63. The van der Waals surface area contributed by atoms with E-state index >= 15 is 0 Å². The van der Waals surface area contributed by atoms with Crippen molar-refractivity contribution in [3.8, 4) is 6.07 Å². The Morgan fingerprint density at radius 2 is 2.00 bits per heavy atom. The zero-order valence-corrected chi connectivity index (χ0v) is 7.70. The predicted molar refractivity (Wildman–Crippen MR) is 51.6 cm³/mol. The first-order valence-electron chi connectivity index (χ1n) is 4.21. The molecular weight excluding hydrogens is 160 g/mol. The van der Waals surface area contributed by atoms with Gasteiger partial charge in [0.2, 0.25) is 0 Å². The van der Waals surface area contributed by atoms with Gasteiger partial charge in [-0.3, -0.25) is 0 Å². The van der Waals surface area contributed by atoms with Crippen LogP contribution >= 0.6 is 0 Å². The predicted octanol–water partition coefficient (Wildman–Crippen LogP) is 2.43. The summed E-state index contributed by atoms with van der Waals surface area (Å²) < 4.78 is 1.92. The van der Waals surface area contributed by atoms with Gasteiger partial charge in [0, 0.05) is 11.7 Å². The summed E-state index contributed by atoms with van der Waals surface area (Å²) in [6.45, 7) is 4.13. The van der Waals surface area contributed by atoms with Gasteiger partial charge in [0.15, 0.2) is 0 Å². The van der Waals surface area contributed by atoms with Crippen LogP contribution in [0.15, 0.2) is 24.4 Å². The fraction of sp³-hybridized carbons (Fsp3) is 0.182. The number of aryl methyl sites for hydroxylation is 2. The van der Waals surface area contributed by atoms with Crippen molar-refractivity contribution < 1.29 is 0 Å². The van der Waals surface area contributed by atoms with E-state index in [-0.39, 0.29) is 0 Å². The van der Waals surface area contributed by atoms with Gasteiger partial charge < -0.3 is 4.40 Å². The number of nitrogens with zero attached hydrogens (tertiary/aromatic N) is 2. The first kappa shape index (κ1) is 7.88. The quantitative estimate of drug-likeness (QED) is 0.596. The van der Waals surface area contributed by atoms with Crippen LogP contribution in [0.3, 0.4) is 0 Å². The van der Waals surface area contributed by atoms with Crippen LogP contribution in [-0.4, -0.2) is 4.40 Å². The molecule has 0 radical (unpaired) electrons. The smallest absolute Gasteiger partial charge is 0.124 e. The highest BCUT2D eigenvalue weighted by atomic mass is 14.9. The van der Waals surface area contributed by atoms with Gasteiger partial charge >= 0.3 is 0 Å². The molecule has 0 aromatic carbocycles. The van der Waals surface area contributed by atoms with E-state index in [4.69, 9.17) is 5.26 Å². The highest BCUT2D eigenvalue weighted by Crippen LogP contribution is 2.14. The molecule has 0 saturated heterocycles. The van der Waals surface area contributed by atoms with Gasteiger partial charge in [-0.15, -0.1) is 0 Å². The van der Waals surface area contributed by atoms with E-state index in [9.17, 15) is 0 Å². The molecule has 0 saturated carbocycles. The zero-order chi connectivity index (χ0) is 9.42. The number of hydrogen-bond donors (Lipinski definition) is 0. The van der Waals surface area contributed by atoms with E-state index in [2.05, 4.69) is 26.0 Å². The van der Waals surface area contributed by atoms with Crippen LogP contribution in [0.1, 0.15) is 16.8 Å². The lowest BCUT2D eigenvalue weighted by atomic mass is 10.2. The first-order chi connectivity index (χ1) is 6.22. The molecule has 0 amide bonds. The van der Waals surface area contributed by atoms with E-state index in [1.54, 1.807) is 0 Å². The average Bonchev–Trinajstić information content (AvgIpc) is 2.48. The lowest BCUT2D eigenvalue weighted by molar-refractivity contribution is 1.12. The van der Waals surface area contributed by atoms with Gasteiger partial charge in [-0.1, -0.05) is 0 Å². The van der Waals surface area contributed by atoms with Gasteiger partial charge in [-0.2, -0.15) is 5.26 Å². The summed E-state index contributed by atoms with van der Waals surface area (Å²) in [4.78, 5) is 0. The fourth-order valence-corrected chi connectivity index (χ4v) is 1.45. The molecular formula is C11H10N2. The van der Waals surface area contributed by atoms with Gasteiger partial charge in [0.25, 0.3) is 0 Å². The van der Waals surface area contributed by atoms with Crippen LogP contribution in [0.4, 0.5) is 0 Å². The van der Waals surface area contributed by atoms with Gasteiger partial charge in [0.1, 0.15) is 11.8 Å². The maximum atomic E-state index is 8.81. The summed E-state index contributed by atoms with van der Waals surface area (Å²) in [5.74, 6) is 0. The molecule has 0 fully saturated rings. The Hall–Kier alpha value is -1.75. The van der Waals surface area contributed by atoms with Crippen molar-refractivity contribution in [2.75, 3.05) is 0 Å². The second-order valence-electron chi connectivity index (χ2n) is 3.26. The largest absolute Gasteiger partial charge is 0.308 e. The molecule has 2 rings (SSSR count). The zero-order valence-electron chi connectivity index (χ0n) is 7.70. The second-order valence-corrected chi connectivity index (χ2v) is 3.26. The molecule has 0 aliphatic rings. The summed E-state index contributed by atoms with van der Waals surface area (Å²) in [6, 6.07) is 8.06. The van der Waals surface area contributed by atoms with Crippen molar-refractivity contribution in [3.05, 3.63) is 41.2 Å². The van der Waals surface area contributed by atoms with Crippen LogP contribution in [-0.2, 0) is 0 Å². The molecule has 0 spiro atoms. The molecule has 64 valence electrons. The average molecular weight is 170 g/mol. The third-order valence-corrected chi connectivity index (χ3v) is 2.37. The van der Waals surface area contributed by atoms with Crippen molar-refractivity contribution in [1.29, 1.82) is 5.26 Å². The number of rotatable bonds is 0. The van der Waals surface area contributed by atoms with Crippen molar-refractivity contribution in [2.45, 2.75) is 13.8 Å². The van der Waals surface area contributed by atoms with E-state index in [1.165, 1.54) is 11.1 Å². The minimum absolute atomic E-state index is 0.693. The van der Waals surface area contributed by atoms with Crippen molar-refractivity contribution in [1.82, 2.24) is 4.40 Å². The number of nitriles is 1. The van der Waals surface area contributed by atoms with Crippen LogP contribution in [0.5, 0.6) is 0 Å². The molecule has 0 aliphatic heterocycles. The summed E-state index contributed by atoms with van der Waals surface area (Å²) in [6.07, 6.45) is 2.00. The van der Waals surface area contributed by atoms with Gasteiger partial charge in [0.05, 0.1) is 0 Å². The van der Waals surface area contributed by atoms with Crippen LogP contribution in [0.25, 0.3) is 5.52 Å². The normalized spacial score (nSPS) is 10.2. The Morgan fingerprint density at radius 1 is 1.23 bits per heavy atom. The van der Waals surface area contributed by atoms with Crippen LogP contribution in [0.2, 0.25) is 0 Å². The standard InChI is InChI=1S/C11H10N2/c1-8-5-10-3-4-11(6-12)13(10)7-9(8)2/h3-5,7H,1-2H3. The van der Waals surface area contributed by atoms with Crippen molar-refractivity contribution >= 4 is 5.52 Å². The first-order valence-corrected chi connectivity index (χ1v) is 4.21. The summed E-state index contributed by atoms with van der Waals surface area (Å²) in [5.41, 5.74) is 4.24. The third kappa shape index (κ3) is 1.09. The molecule has 2 heterocycles. The highest BCUT2D eigenvalue weighted by molar-refractivity contribution is 5.55. The monoisotopic (exact) mass is 170 g/mol. The topological polar surface area (TPSA) is 28.2 Å². The highest BCUT2D eigenvalue weighted by Gasteiger charge is 2.01. The number of pyridine rings is 1. The summed E-state index contributed by atoms with van der Waals surface area (Å²) >= 11 is 0. The number of hydrogen-bond acceptors (Lipinski definition) is 1. The molecule has 0 aliphatic carbocycles. The molecule has 0 atom stereocenters. The van der Waals surface area contributed by atoms with E-state index in [0.717, 1.165) is 5.52 Å². The van der Waals surface area contributed by atoms with E-state index in [1.807, 2.05) is 22.7 Å². The van der Waals surface area contributed by atoms with Crippen molar-refractivity contribution in [3.63, 3.8) is 0 Å². The Kier molecular flexibility index (Phi) is 1.60. The van der Waals surface area contributed by atoms with Crippen molar-refractivity contribution in [2.24, 2.45) is 0 Å². The molecule has 13 heavy (non-hydrogen) atoms. The third-order valence-electron chi connectivity index (χ3n) is 2.37. The summed E-state index contributed by atoms with van der Waals surface area (Å²) in [5, 5.41) is 8.81. The van der Waals surface area contributed by atoms with Gasteiger partial charge in [-0.25, -0.2) is 0 Å². The summed E-state index contributed by atoms with van der Waals surface area (Å²) in [7, 11) is 0. The number of fused-ring (bicyclic) bond motifs is 1. The molecule has 0 bridgehead atoms. The Bertz CT molecular complexity index is 501. The lowest BCUT2D eigenvalue weighted by Crippen LogP contribution is -1.91. The maximum absolute atomic E-state index is 8.81. The molecule has 0 N–H and O–H groups in total. The molecule has 2 nitrogen and oxygen atoms in total. The lowest BCUT2D eigenvalue weighted by Gasteiger charge is -2.02. The molecule has 2 aromatic rings. The SMILES string of the molecule is Cc1cc2ccc(C#N)n2cc1C. The molecule has 0 unspecified atom stereocenters. The van der Waals surface area contributed by atoms with E-state index in [0.29, 0.717) is 5.69 Å². The minimum atomic E-state index is 0.693. The number of aromatic nitrogens is 1. The van der Waals surface area contributed by atoms with Gasteiger partial charge in [-0.05, 0) is 43.2 Å². The Labute approximate surface area is 77.0 Å². The molecule has 2 aromatic heterocycles. The van der Waals surface area contributed by atoms with E-state index < -0.39 is 0 Å². The molecule has 2 heteroatoms. The maximum Gasteiger partial charge on any atom is 0.124 e. The minimum Gasteiger partial charge on any atom is -0.308 e. The van der Waals surface area contributed by atoms with Crippen LogP contribution < -0.4 is 0 Å². The Balaban J connectivity index is 2.86.